The molecule has 0 aliphatic carbocycles. The second-order valence-electron chi connectivity index (χ2n) is 4.26. The van der Waals surface area contributed by atoms with Crippen molar-refractivity contribution in [2.45, 2.75) is 57.8 Å². The fourth-order valence-corrected chi connectivity index (χ4v) is 2.59. The molecule has 106 valence electrons. The molecular weight excluding hydrogens is 322 g/mol. The van der Waals surface area contributed by atoms with E-state index in [2.05, 4.69) is 11.2 Å². The molecule has 0 heterocycles. The molecule has 0 fully saturated rings. The summed E-state index contributed by atoms with van der Waals surface area (Å²) in [7, 11) is -2.91. The summed E-state index contributed by atoms with van der Waals surface area (Å²) in [4.78, 5) is 0. The van der Waals surface area contributed by atoms with Gasteiger partial charge in [0.25, 0.3) is 0 Å². The van der Waals surface area contributed by atoms with Crippen LogP contribution in [-0.2, 0) is 20.0 Å². The Labute approximate surface area is 121 Å². The quantitative estimate of drug-likeness (QED) is 0.563. The van der Waals surface area contributed by atoms with Crippen molar-refractivity contribution in [2.75, 3.05) is 12.3 Å². The number of hydrogen-bond acceptors (Lipinski definition) is 3. The first-order valence-corrected chi connectivity index (χ1v) is 8.82. The summed E-state index contributed by atoms with van der Waals surface area (Å²) < 4.78 is 19.7. The first-order chi connectivity index (χ1) is 7.56. The van der Waals surface area contributed by atoms with Crippen molar-refractivity contribution in [3.63, 3.8) is 0 Å². The molecule has 0 aromatic carbocycles. The lowest BCUT2D eigenvalue weighted by Crippen LogP contribution is -2.01. The van der Waals surface area contributed by atoms with Crippen molar-refractivity contribution >= 4 is 36.9 Å². The van der Waals surface area contributed by atoms with E-state index in [0.717, 1.165) is 32.2 Å². The minimum Gasteiger partial charge on any atom is -0.330 e. The van der Waals surface area contributed by atoms with Gasteiger partial charge < -0.3 is 10.3 Å². The van der Waals surface area contributed by atoms with Gasteiger partial charge in [0.05, 0.1) is 0 Å². The van der Waals surface area contributed by atoms with Crippen molar-refractivity contribution in [3.05, 3.63) is 0 Å². The summed E-state index contributed by atoms with van der Waals surface area (Å²) in [5, 5.41) is 0. The predicted octanol–water partition coefficient (Wildman–Crippen LogP) is 3.25. The smallest absolute Gasteiger partial charge is 0.141 e. The van der Waals surface area contributed by atoms with E-state index in [-0.39, 0.29) is 22.7 Å². The first kappa shape index (κ1) is 20.1. The van der Waals surface area contributed by atoms with Crippen LogP contribution in [0.5, 0.6) is 0 Å². The maximum atomic E-state index is 10.8. The van der Waals surface area contributed by atoms with Crippen LogP contribution in [0.25, 0.3) is 0 Å². The molecule has 0 radical (unpaired) electrons. The number of unbranched alkanes of at least 4 members (excludes halogenated alkanes) is 8. The van der Waals surface area contributed by atoms with E-state index in [1.54, 1.807) is 0 Å². The third-order valence-electron chi connectivity index (χ3n) is 2.61. The molecule has 0 amide bonds. The fourth-order valence-electron chi connectivity index (χ4n) is 1.67. The minimum atomic E-state index is -2.91. The van der Waals surface area contributed by atoms with E-state index in [9.17, 15) is 4.21 Å². The van der Waals surface area contributed by atoms with Crippen LogP contribution in [0.15, 0.2) is 0 Å². The van der Waals surface area contributed by atoms with Gasteiger partial charge in [0.2, 0.25) is 0 Å². The van der Waals surface area contributed by atoms with Crippen LogP contribution in [0.2, 0.25) is 0 Å². The Morgan fingerprint density at radius 3 is 1.59 bits per heavy atom. The third kappa shape index (κ3) is 19.3. The summed E-state index contributed by atoms with van der Waals surface area (Å²) in [5.41, 5.74) is 5.41. The molecule has 1 atom stereocenters. The van der Waals surface area contributed by atoms with E-state index >= 15 is 0 Å². The van der Waals surface area contributed by atoms with Gasteiger partial charge in [-0.1, -0.05) is 44.9 Å². The Kier molecular flexibility index (Phi) is 15.6. The minimum absolute atomic E-state index is 0. The van der Waals surface area contributed by atoms with Crippen LogP contribution in [0.1, 0.15) is 57.8 Å². The van der Waals surface area contributed by atoms with Gasteiger partial charge in [0.15, 0.2) is 0 Å². The van der Waals surface area contributed by atoms with E-state index in [1.807, 2.05) is 0 Å². The number of hydrogen-bond donors (Lipinski definition) is 2. The highest BCUT2D eigenvalue weighted by Gasteiger charge is 1.99. The Morgan fingerprint density at radius 1 is 0.882 bits per heavy atom. The van der Waals surface area contributed by atoms with Crippen molar-refractivity contribution < 1.29 is 8.76 Å². The van der Waals surface area contributed by atoms with Crippen molar-refractivity contribution in [1.29, 1.82) is 0 Å². The van der Waals surface area contributed by atoms with Gasteiger partial charge in [-0.2, -0.15) is 0 Å². The van der Waals surface area contributed by atoms with Gasteiger partial charge in [-0.25, -0.2) is 4.21 Å². The van der Waals surface area contributed by atoms with E-state index in [1.165, 1.54) is 32.1 Å². The average Bonchev–Trinajstić information content (AvgIpc) is 2.19. The lowest BCUT2D eigenvalue weighted by Gasteiger charge is -2.02. The lowest BCUT2D eigenvalue weighted by atomic mass is 10.1. The molecule has 0 aliphatic rings. The van der Waals surface area contributed by atoms with Crippen LogP contribution in [0.3, 0.4) is 0 Å². The zero-order valence-electron chi connectivity index (χ0n) is 10.4. The molecule has 0 bridgehead atoms. The highest BCUT2D eigenvalue weighted by Crippen LogP contribution is 2.09. The van der Waals surface area contributed by atoms with Crippen molar-refractivity contribution in [2.24, 2.45) is 5.73 Å². The molecule has 3 N–H and O–H groups in total. The van der Waals surface area contributed by atoms with Crippen molar-refractivity contribution in [3.8, 4) is 0 Å². The molecule has 3 nitrogen and oxygen atoms in total. The topological polar surface area (TPSA) is 63.3 Å². The summed E-state index contributed by atoms with van der Waals surface area (Å²) in [5.74, 6) is 0.277. The molecule has 0 aromatic rings. The molecule has 0 saturated heterocycles. The van der Waals surface area contributed by atoms with Crippen LogP contribution in [-0.4, -0.2) is 21.1 Å². The summed E-state index contributed by atoms with van der Waals surface area (Å²) >= 11 is 4.42. The van der Waals surface area contributed by atoms with E-state index < -0.39 is 8.77 Å². The van der Waals surface area contributed by atoms with Crippen molar-refractivity contribution in [1.82, 2.24) is 0 Å². The van der Waals surface area contributed by atoms with Gasteiger partial charge in [0, 0.05) is 16.9 Å². The van der Waals surface area contributed by atoms with Crippen LogP contribution in [0.4, 0.5) is 0 Å². The predicted molar refractivity (Wildman–Crippen MR) is 83.9 cm³/mol. The second-order valence-corrected chi connectivity index (χ2v) is 7.39. The van der Waals surface area contributed by atoms with Gasteiger partial charge in [-0.15, -0.1) is 17.0 Å². The maximum absolute atomic E-state index is 10.8. The standard InChI is InChI=1S/C11H25NO2S2.BrH/c12-10-8-6-4-2-1-3-5-7-9-11-16(13,14)15;/h1-12H2,(H,13,14,15);1H. The molecule has 1 unspecified atom stereocenters. The fraction of sp³-hybridized carbons (Fsp3) is 1.00. The van der Waals surface area contributed by atoms with Gasteiger partial charge in [-0.3, -0.25) is 0 Å². The van der Waals surface area contributed by atoms with E-state index in [4.69, 9.17) is 10.3 Å². The zero-order valence-corrected chi connectivity index (χ0v) is 13.8. The summed E-state index contributed by atoms with van der Waals surface area (Å²) in [6.07, 6.45) is 10.4. The highest BCUT2D eigenvalue weighted by molar-refractivity contribution is 8.93. The van der Waals surface area contributed by atoms with Crippen LogP contribution in [0, 0.1) is 0 Å². The van der Waals surface area contributed by atoms with Gasteiger partial charge in [0.1, 0.15) is 8.77 Å². The molecular formula is C11H26BrNO2S2. The first-order valence-electron chi connectivity index (χ1n) is 6.21. The Hall–Kier alpha value is 0.770. The van der Waals surface area contributed by atoms with Crippen LogP contribution < -0.4 is 5.73 Å². The summed E-state index contributed by atoms with van der Waals surface area (Å²) in [6, 6.07) is 0. The third-order valence-corrected chi connectivity index (χ3v) is 3.91. The maximum Gasteiger partial charge on any atom is 0.141 e. The number of halogens is 1. The molecule has 0 aromatic heterocycles. The Balaban J connectivity index is 0. The normalized spacial score (nSPS) is 14.0. The lowest BCUT2D eigenvalue weighted by molar-refractivity contribution is 0.547. The zero-order chi connectivity index (χ0) is 12.3. The number of nitrogens with two attached hydrogens (primary N) is 1. The monoisotopic (exact) mass is 347 g/mol. The molecule has 0 rings (SSSR count). The SMILES string of the molecule is Br.NCCCCCCCCCCCS(=O)(O)=S. The molecule has 0 aliphatic heterocycles. The second kappa shape index (κ2) is 13.2. The van der Waals surface area contributed by atoms with Crippen LogP contribution >= 0.6 is 17.0 Å². The molecule has 6 heteroatoms. The van der Waals surface area contributed by atoms with Gasteiger partial charge >= 0.3 is 0 Å². The Morgan fingerprint density at radius 2 is 1.24 bits per heavy atom. The summed E-state index contributed by atoms with van der Waals surface area (Å²) in [6.45, 7) is 0.807. The number of rotatable bonds is 11. The largest absolute Gasteiger partial charge is 0.330 e. The molecule has 17 heavy (non-hydrogen) atoms. The highest BCUT2D eigenvalue weighted by atomic mass is 79.9. The Bertz CT molecular complexity index is 246. The van der Waals surface area contributed by atoms with Gasteiger partial charge in [-0.05, 0) is 19.4 Å². The molecule has 0 spiro atoms. The average molecular weight is 348 g/mol. The van der Waals surface area contributed by atoms with E-state index in [0.29, 0.717) is 0 Å². The molecule has 0 saturated carbocycles.